The maximum absolute atomic E-state index is 9.93. The molecule has 0 aliphatic carbocycles. The second kappa shape index (κ2) is 8.25. The molecule has 0 fully saturated rings. The zero-order valence-electron chi connectivity index (χ0n) is 12.9. The smallest absolute Gasteiger partial charge is 0.125 e. The van der Waals surface area contributed by atoms with Crippen LogP contribution >= 0.6 is 0 Å². The van der Waals surface area contributed by atoms with Crippen LogP contribution in [0.25, 0.3) is 0 Å². The summed E-state index contributed by atoms with van der Waals surface area (Å²) in [5.74, 6) is 0.851. The Kier molecular flexibility index (Phi) is 6.99. The largest absolute Gasteiger partial charge is 0.490 e. The molecule has 1 rings (SSSR count). The van der Waals surface area contributed by atoms with Gasteiger partial charge < -0.3 is 20.3 Å². The van der Waals surface area contributed by atoms with Crippen molar-refractivity contribution in [1.29, 1.82) is 0 Å². The predicted octanol–water partition coefficient (Wildman–Crippen LogP) is 1.79. The van der Waals surface area contributed by atoms with E-state index in [2.05, 4.69) is 5.32 Å². The van der Waals surface area contributed by atoms with Crippen molar-refractivity contribution in [3.63, 3.8) is 0 Å². The maximum atomic E-state index is 9.93. The molecule has 114 valence electrons. The Hall–Kier alpha value is -1.10. The molecule has 0 aliphatic heterocycles. The maximum Gasteiger partial charge on any atom is 0.125 e. The van der Waals surface area contributed by atoms with Gasteiger partial charge in [0.05, 0.1) is 6.10 Å². The van der Waals surface area contributed by atoms with Crippen molar-refractivity contribution < 1.29 is 14.9 Å². The first-order valence-corrected chi connectivity index (χ1v) is 7.18. The van der Waals surface area contributed by atoms with Crippen LogP contribution in [0.4, 0.5) is 0 Å². The molecule has 4 nitrogen and oxygen atoms in total. The zero-order valence-corrected chi connectivity index (χ0v) is 12.9. The number of benzene rings is 1. The van der Waals surface area contributed by atoms with Gasteiger partial charge in [0, 0.05) is 12.6 Å². The number of hydrogen-bond acceptors (Lipinski definition) is 4. The number of aliphatic hydroxyl groups excluding tert-OH is 2. The summed E-state index contributed by atoms with van der Waals surface area (Å²) in [4.78, 5) is 0. The Morgan fingerprint density at radius 3 is 2.30 bits per heavy atom. The van der Waals surface area contributed by atoms with Crippen LogP contribution in [0.2, 0.25) is 0 Å². The fourth-order valence-corrected chi connectivity index (χ4v) is 2.20. The molecule has 1 aromatic rings. The van der Waals surface area contributed by atoms with Gasteiger partial charge in [0.1, 0.15) is 18.5 Å². The fourth-order valence-electron chi connectivity index (χ4n) is 2.20. The van der Waals surface area contributed by atoms with Crippen LogP contribution in [0.1, 0.15) is 31.4 Å². The molecule has 0 aliphatic rings. The van der Waals surface area contributed by atoms with E-state index in [-0.39, 0.29) is 18.8 Å². The number of ether oxygens (including phenoxy) is 1. The number of hydrogen-bond donors (Lipinski definition) is 3. The highest BCUT2D eigenvalue weighted by Gasteiger charge is 2.11. The molecule has 0 saturated carbocycles. The topological polar surface area (TPSA) is 61.7 Å². The molecule has 0 bridgehead atoms. The monoisotopic (exact) mass is 281 g/mol. The number of nitrogens with one attached hydrogen (secondary N) is 1. The Bertz CT molecular complexity index is 386. The summed E-state index contributed by atoms with van der Waals surface area (Å²) >= 11 is 0. The number of para-hydroxylation sites is 1. The minimum atomic E-state index is -0.564. The van der Waals surface area contributed by atoms with Crippen LogP contribution in [0.5, 0.6) is 5.75 Å². The van der Waals surface area contributed by atoms with Crippen LogP contribution in [0.3, 0.4) is 0 Å². The van der Waals surface area contributed by atoms with E-state index in [4.69, 9.17) is 4.74 Å². The first-order chi connectivity index (χ1) is 9.40. The second-order valence-corrected chi connectivity index (χ2v) is 5.58. The highest BCUT2D eigenvalue weighted by atomic mass is 16.5. The van der Waals surface area contributed by atoms with Crippen molar-refractivity contribution in [3.8, 4) is 5.75 Å². The van der Waals surface area contributed by atoms with Crippen LogP contribution in [-0.2, 0) is 0 Å². The van der Waals surface area contributed by atoms with Gasteiger partial charge in [0.15, 0.2) is 0 Å². The van der Waals surface area contributed by atoms with E-state index in [1.165, 1.54) is 0 Å². The van der Waals surface area contributed by atoms with E-state index in [9.17, 15) is 10.2 Å². The van der Waals surface area contributed by atoms with Crippen molar-refractivity contribution in [2.75, 3.05) is 13.2 Å². The van der Waals surface area contributed by atoms with Gasteiger partial charge in [-0.2, -0.15) is 0 Å². The van der Waals surface area contributed by atoms with Gasteiger partial charge in [-0.3, -0.25) is 0 Å². The van der Waals surface area contributed by atoms with Crippen molar-refractivity contribution in [2.45, 2.75) is 52.4 Å². The molecule has 0 saturated heterocycles. The van der Waals surface area contributed by atoms with E-state index in [1.54, 1.807) is 6.92 Å². The normalized spacial score (nSPS) is 15.7. The second-order valence-electron chi connectivity index (χ2n) is 5.58. The van der Waals surface area contributed by atoms with Gasteiger partial charge in [-0.15, -0.1) is 0 Å². The molecule has 3 unspecified atom stereocenters. The Balaban J connectivity index is 2.35. The predicted molar refractivity (Wildman–Crippen MR) is 81.2 cm³/mol. The van der Waals surface area contributed by atoms with Crippen LogP contribution < -0.4 is 10.1 Å². The van der Waals surface area contributed by atoms with Crippen molar-refractivity contribution in [3.05, 3.63) is 29.3 Å². The Labute approximate surface area is 121 Å². The van der Waals surface area contributed by atoms with Gasteiger partial charge in [0.2, 0.25) is 0 Å². The van der Waals surface area contributed by atoms with E-state index >= 15 is 0 Å². The lowest BCUT2D eigenvalue weighted by Gasteiger charge is -2.19. The van der Waals surface area contributed by atoms with Crippen LogP contribution in [-0.4, -0.2) is 41.6 Å². The van der Waals surface area contributed by atoms with E-state index < -0.39 is 6.10 Å². The summed E-state index contributed by atoms with van der Waals surface area (Å²) in [7, 11) is 0. The standard InChI is InChI=1S/C16H27NO3/c1-11-6-5-7-12(2)16(11)20-10-15(19)9-17-13(3)8-14(4)18/h5-7,13-15,17-19H,8-10H2,1-4H3. The molecule has 20 heavy (non-hydrogen) atoms. The third-order valence-corrected chi connectivity index (χ3v) is 3.23. The summed E-state index contributed by atoms with van der Waals surface area (Å²) in [5, 5.41) is 22.4. The SMILES string of the molecule is Cc1cccc(C)c1OCC(O)CNC(C)CC(C)O. The zero-order chi connectivity index (χ0) is 15.1. The third kappa shape index (κ3) is 5.90. The summed E-state index contributed by atoms with van der Waals surface area (Å²) in [5.41, 5.74) is 2.15. The van der Waals surface area contributed by atoms with Gasteiger partial charge in [-0.25, -0.2) is 0 Å². The Morgan fingerprint density at radius 2 is 1.75 bits per heavy atom. The molecule has 4 heteroatoms. The van der Waals surface area contributed by atoms with E-state index in [0.717, 1.165) is 16.9 Å². The third-order valence-electron chi connectivity index (χ3n) is 3.23. The molecule has 0 spiro atoms. The minimum absolute atomic E-state index is 0.171. The van der Waals surface area contributed by atoms with E-state index in [0.29, 0.717) is 13.0 Å². The van der Waals surface area contributed by atoms with Gasteiger partial charge in [0.25, 0.3) is 0 Å². The van der Waals surface area contributed by atoms with Crippen LogP contribution in [0.15, 0.2) is 18.2 Å². The average molecular weight is 281 g/mol. The van der Waals surface area contributed by atoms with E-state index in [1.807, 2.05) is 39.0 Å². The Morgan fingerprint density at radius 1 is 1.15 bits per heavy atom. The van der Waals surface area contributed by atoms with Gasteiger partial charge >= 0.3 is 0 Å². The lowest BCUT2D eigenvalue weighted by molar-refractivity contribution is 0.0994. The molecule has 0 heterocycles. The molecular formula is C16H27NO3. The molecule has 0 radical (unpaired) electrons. The van der Waals surface area contributed by atoms with Crippen molar-refractivity contribution in [1.82, 2.24) is 5.32 Å². The molecule has 3 atom stereocenters. The highest BCUT2D eigenvalue weighted by molar-refractivity contribution is 5.39. The molecule has 1 aromatic carbocycles. The number of aryl methyl sites for hydroxylation is 2. The molecule has 0 amide bonds. The van der Waals surface area contributed by atoms with Gasteiger partial charge in [-0.05, 0) is 45.2 Å². The first kappa shape index (κ1) is 17.0. The van der Waals surface area contributed by atoms with Gasteiger partial charge in [-0.1, -0.05) is 18.2 Å². The van der Waals surface area contributed by atoms with Crippen molar-refractivity contribution in [2.24, 2.45) is 0 Å². The fraction of sp³-hybridized carbons (Fsp3) is 0.625. The quantitative estimate of drug-likeness (QED) is 0.680. The highest BCUT2D eigenvalue weighted by Crippen LogP contribution is 2.22. The molecular weight excluding hydrogens is 254 g/mol. The molecule has 3 N–H and O–H groups in total. The molecule has 0 aromatic heterocycles. The van der Waals surface area contributed by atoms with Crippen molar-refractivity contribution >= 4 is 0 Å². The average Bonchev–Trinajstić information content (AvgIpc) is 2.35. The summed E-state index contributed by atoms with van der Waals surface area (Å²) < 4.78 is 5.70. The lowest BCUT2D eigenvalue weighted by Crippen LogP contribution is -2.37. The van der Waals surface area contributed by atoms with Crippen LogP contribution in [0, 0.1) is 13.8 Å². The minimum Gasteiger partial charge on any atom is -0.490 e. The number of rotatable bonds is 8. The first-order valence-electron chi connectivity index (χ1n) is 7.18. The summed E-state index contributed by atoms with van der Waals surface area (Å²) in [6.45, 7) is 8.47. The summed E-state index contributed by atoms with van der Waals surface area (Å²) in [6, 6.07) is 6.16. The lowest BCUT2D eigenvalue weighted by atomic mass is 10.1. The summed E-state index contributed by atoms with van der Waals surface area (Å²) in [6.07, 6.45) is -0.226. The number of aliphatic hydroxyl groups is 2.